The summed E-state index contributed by atoms with van der Waals surface area (Å²) in [5.41, 5.74) is 15.4. The molecule has 10 aromatic rings. The zero-order chi connectivity index (χ0) is 43.8. The van der Waals surface area contributed by atoms with Crippen LogP contribution in [0.4, 0.5) is 17.1 Å². The minimum Gasteiger partial charge on any atom is -0.310 e. The molecule has 0 fully saturated rings. The summed E-state index contributed by atoms with van der Waals surface area (Å²) in [4.78, 5) is 2.45. The highest BCUT2D eigenvalue weighted by Gasteiger charge is 2.46. The van der Waals surface area contributed by atoms with Crippen molar-refractivity contribution in [1.29, 1.82) is 0 Å². The van der Waals surface area contributed by atoms with Gasteiger partial charge < -0.3 is 4.90 Å². The lowest BCUT2D eigenvalue weighted by molar-refractivity contribution is 0.767. The van der Waals surface area contributed by atoms with Crippen molar-refractivity contribution in [3.63, 3.8) is 0 Å². The van der Waals surface area contributed by atoms with Crippen molar-refractivity contribution < 1.29 is 0 Å². The summed E-state index contributed by atoms with van der Waals surface area (Å²) < 4.78 is 0. The van der Waals surface area contributed by atoms with E-state index in [4.69, 9.17) is 0 Å². The third-order valence-electron chi connectivity index (χ3n) is 13.7. The van der Waals surface area contributed by atoms with Crippen LogP contribution in [0.1, 0.15) is 33.4 Å². The van der Waals surface area contributed by atoms with Crippen LogP contribution >= 0.6 is 0 Å². The number of anilines is 3. The van der Waals surface area contributed by atoms with Gasteiger partial charge in [-0.05, 0) is 116 Å². The predicted molar refractivity (Wildman–Crippen MR) is 277 cm³/mol. The largest absolute Gasteiger partial charge is 0.310 e. The second-order valence-corrected chi connectivity index (χ2v) is 21.2. The molecule has 10 aromatic carbocycles. The maximum Gasteiger partial charge on any atom is 0.179 e. The molecule has 0 bridgehead atoms. The van der Waals surface area contributed by atoms with E-state index in [9.17, 15) is 0 Å². The third-order valence-corrected chi connectivity index (χ3v) is 18.5. The third kappa shape index (κ3) is 6.77. The molecular weight excluding hydrogens is 799 g/mol. The van der Waals surface area contributed by atoms with Crippen molar-refractivity contribution in [2.75, 3.05) is 4.90 Å². The van der Waals surface area contributed by atoms with Gasteiger partial charge >= 0.3 is 0 Å². The molecule has 0 saturated heterocycles. The highest BCUT2D eigenvalue weighted by atomic mass is 28.3. The Morgan fingerprint density at radius 2 is 0.692 bits per heavy atom. The fourth-order valence-electron chi connectivity index (χ4n) is 10.6. The summed E-state index contributed by atoms with van der Waals surface area (Å²) in [7, 11) is -2.73. The second-order valence-electron chi connectivity index (χ2n) is 17.4. The van der Waals surface area contributed by atoms with Crippen molar-refractivity contribution in [3.8, 4) is 22.3 Å². The van der Waals surface area contributed by atoms with Crippen LogP contribution in [0.3, 0.4) is 0 Å². The van der Waals surface area contributed by atoms with Crippen molar-refractivity contribution in [2.24, 2.45) is 0 Å². The van der Waals surface area contributed by atoms with Gasteiger partial charge in [0.25, 0.3) is 0 Å². The van der Waals surface area contributed by atoms with Gasteiger partial charge in [0.2, 0.25) is 0 Å². The molecule has 1 aliphatic rings. The van der Waals surface area contributed by atoms with E-state index < -0.39 is 13.5 Å². The number of fused-ring (bicyclic) bond motifs is 3. The van der Waals surface area contributed by atoms with Gasteiger partial charge in [0.15, 0.2) is 8.07 Å². The molecule has 0 amide bonds. The van der Waals surface area contributed by atoms with Crippen LogP contribution in [-0.2, 0) is 5.41 Å². The fourth-order valence-corrected chi connectivity index (χ4v) is 15.4. The lowest BCUT2D eigenvalue weighted by atomic mass is 9.67. The molecule has 11 rings (SSSR count). The first kappa shape index (κ1) is 40.0. The number of rotatable bonds is 10. The summed E-state index contributed by atoms with van der Waals surface area (Å²) in [6.45, 7) is 4.35. The number of hydrogen-bond donors (Lipinski definition) is 0. The van der Waals surface area contributed by atoms with Gasteiger partial charge in [0.05, 0.1) is 5.41 Å². The van der Waals surface area contributed by atoms with Crippen LogP contribution in [0.5, 0.6) is 0 Å². The zero-order valence-electron chi connectivity index (χ0n) is 36.8. The molecule has 0 atom stereocenters. The topological polar surface area (TPSA) is 3.24 Å². The maximum atomic E-state index is 2.48. The number of nitrogens with zero attached hydrogens (tertiary/aromatic N) is 1. The molecular formula is C63H49NSi. The molecule has 0 heterocycles. The molecule has 310 valence electrons. The average molecular weight is 848 g/mol. The average Bonchev–Trinajstić information content (AvgIpc) is 3.67. The Morgan fingerprint density at radius 1 is 0.308 bits per heavy atom. The van der Waals surface area contributed by atoms with Crippen LogP contribution < -0.4 is 25.6 Å². The Labute approximate surface area is 384 Å². The highest BCUT2D eigenvalue weighted by Crippen LogP contribution is 2.57. The van der Waals surface area contributed by atoms with Crippen molar-refractivity contribution in [1.82, 2.24) is 0 Å². The Bertz CT molecular complexity index is 3080. The van der Waals surface area contributed by atoms with Crippen molar-refractivity contribution >= 4 is 45.9 Å². The first-order chi connectivity index (χ1) is 32.0. The lowest BCUT2D eigenvalue weighted by Gasteiger charge is -2.36. The molecule has 0 spiro atoms. The minimum absolute atomic E-state index is 0.526. The maximum absolute atomic E-state index is 2.73. The van der Waals surface area contributed by atoms with E-state index in [0.717, 1.165) is 17.1 Å². The van der Waals surface area contributed by atoms with E-state index >= 15 is 0 Å². The van der Waals surface area contributed by atoms with Gasteiger partial charge in [-0.3, -0.25) is 0 Å². The minimum atomic E-state index is -2.73. The summed E-state index contributed by atoms with van der Waals surface area (Å²) in [5.74, 6) is 0. The Kier molecular flexibility index (Phi) is 10.3. The van der Waals surface area contributed by atoms with Crippen LogP contribution in [0.25, 0.3) is 22.3 Å². The van der Waals surface area contributed by atoms with Crippen LogP contribution in [0.15, 0.2) is 261 Å². The van der Waals surface area contributed by atoms with Crippen LogP contribution in [0, 0.1) is 13.8 Å². The van der Waals surface area contributed by atoms with Gasteiger partial charge in [-0.1, -0.05) is 236 Å². The number of hydrogen-bond acceptors (Lipinski definition) is 1. The lowest BCUT2D eigenvalue weighted by Crippen LogP contribution is -2.74. The summed E-state index contributed by atoms with van der Waals surface area (Å²) in [5, 5.41) is 5.42. The second kappa shape index (κ2) is 16.7. The Hall–Kier alpha value is -7.78. The SMILES string of the molecule is Cc1ccc(C2(c3ccc(C)cc3)c3ccccc3-c3ccc(N(c4ccc(-c5ccccc5)cc4)c4ccc([Si](c5ccccc5)(c5ccccc5)c5ccccc5)cc4)cc32)cc1. The van der Waals surface area contributed by atoms with Gasteiger partial charge in [-0.25, -0.2) is 0 Å². The van der Waals surface area contributed by atoms with E-state index in [-0.39, 0.29) is 0 Å². The van der Waals surface area contributed by atoms with E-state index in [2.05, 4.69) is 280 Å². The number of benzene rings is 10. The molecule has 0 saturated carbocycles. The molecule has 1 aliphatic carbocycles. The van der Waals surface area contributed by atoms with Gasteiger partial charge in [0, 0.05) is 17.1 Å². The molecule has 0 unspecified atom stereocenters. The molecule has 0 aromatic heterocycles. The molecule has 1 nitrogen and oxygen atoms in total. The summed E-state index contributed by atoms with van der Waals surface area (Å²) in [6.07, 6.45) is 0. The summed E-state index contributed by atoms with van der Waals surface area (Å²) in [6, 6.07) is 97.4. The van der Waals surface area contributed by atoms with E-state index in [1.165, 1.54) is 76.4 Å². The molecule has 2 heteroatoms. The van der Waals surface area contributed by atoms with E-state index in [1.807, 2.05) is 0 Å². The smallest absolute Gasteiger partial charge is 0.179 e. The fraction of sp³-hybridized carbons (Fsp3) is 0.0476. The van der Waals surface area contributed by atoms with Crippen LogP contribution in [0.2, 0.25) is 0 Å². The number of aryl methyl sites for hydroxylation is 2. The quantitative estimate of drug-likeness (QED) is 0.0979. The first-order valence-electron chi connectivity index (χ1n) is 22.7. The van der Waals surface area contributed by atoms with Gasteiger partial charge in [-0.2, -0.15) is 0 Å². The molecule has 65 heavy (non-hydrogen) atoms. The van der Waals surface area contributed by atoms with Gasteiger partial charge in [0.1, 0.15) is 0 Å². The first-order valence-corrected chi connectivity index (χ1v) is 24.7. The zero-order valence-corrected chi connectivity index (χ0v) is 37.8. The highest BCUT2D eigenvalue weighted by molar-refractivity contribution is 7.19. The predicted octanol–water partition coefficient (Wildman–Crippen LogP) is 13.2. The normalized spacial score (nSPS) is 12.6. The van der Waals surface area contributed by atoms with E-state index in [1.54, 1.807) is 0 Å². The standard InChI is InChI=1S/C63H49NSi/c1-46-27-33-50(34-28-46)63(51-35-29-47(2)30-36-51)61-26-16-15-25-59(61)60-44-41-54(45-62(60)63)64(52-37-31-49(32-38-52)48-17-7-3-8-18-48)53-39-42-58(43-40-53)65(55-19-9-4-10-20-55,56-21-11-5-12-22-56)57-23-13-6-14-24-57/h3-45H,1-2H3. The molecule has 0 radical (unpaired) electrons. The molecule has 0 N–H and O–H groups in total. The van der Waals surface area contributed by atoms with Crippen molar-refractivity contribution in [2.45, 2.75) is 19.3 Å². The molecule has 0 aliphatic heterocycles. The van der Waals surface area contributed by atoms with Gasteiger partial charge in [-0.15, -0.1) is 0 Å². The Morgan fingerprint density at radius 3 is 1.20 bits per heavy atom. The van der Waals surface area contributed by atoms with Crippen LogP contribution in [-0.4, -0.2) is 8.07 Å². The van der Waals surface area contributed by atoms with Crippen molar-refractivity contribution in [3.05, 3.63) is 294 Å². The van der Waals surface area contributed by atoms with E-state index in [0.29, 0.717) is 0 Å². The Balaban J connectivity index is 1.14. The summed E-state index contributed by atoms with van der Waals surface area (Å²) >= 11 is 0. The monoisotopic (exact) mass is 847 g/mol.